The SMILES string of the molecule is CCc1ccc(OCCCn2c(CCCNC(=O)c3ccccc3C)nc3ccccc32)cc1. The number of aryl methyl sites for hydroxylation is 4. The van der Waals surface area contributed by atoms with Crippen LogP contribution in [0.5, 0.6) is 5.75 Å². The number of imidazole rings is 1. The molecule has 4 rings (SSSR count). The number of hydrogen-bond donors (Lipinski definition) is 1. The summed E-state index contributed by atoms with van der Waals surface area (Å²) in [5.41, 5.74) is 5.20. The van der Waals surface area contributed by atoms with Crippen molar-refractivity contribution in [3.8, 4) is 5.75 Å². The minimum Gasteiger partial charge on any atom is -0.494 e. The number of aromatic nitrogens is 2. The molecule has 0 saturated carbocycles. The third kappa shape index (κ3) is 5.84. The highest BCUT2D eigenvalue weighted by molar-refractivity contribution is 5.95. The maximum atomic E-state index is 12.5. The molecule has 4 aromatic rings. The van der Waals surface area contributed by atoms with Crippen LogP contribution in [0, 0.1) is 6.92 Å². The fraction of sp³-hybridized carbons (Fsp3) is 0.310. The van der Waals surface area contributed by atoms with E-state index in [1.807, 2.05) is 49.4 Å². The van der Waals surface area contributed by atoms with Gasteiger partial charge in [-0.1, -0.05) is 49.4 Å². The molecule has 0 atom stereocenters. The van der Waals surface area contributed by atoms with E-state index in [0.29, 0.717) is 13.2 Å². The van der Waals surface area contributed by atoms with Gasteiger partial charge in [-0.2, -0.15) is 0 Å². The summed E-state index contributed by atoms with van der Waals surface area (Å²) < 4.78 is 8.24. The number of hydrogen-bond acceptors (Lipinski definition) is 3. The van der Waals surface area contributed by atoms with E-state index in [1.54, 1.807) is 0 Å². The van der Waals surface area contributed by atoms with E-state index >= 15 is 0 Å². The predicted octanol–water partition coefficient (Wildman–Crippen LogP) is 5.74. The summed E-state index contributed by atoms with van der Waals surface area (Å²) in [6.45, 7) is 6.23. The number of amides is 1. The largest absolute Gasteiger partial charge is 0.494 e. The highest BCUT2D eigenvalue weighted by Crippen LogP contribution is 2.18. The van der Waals surface area contributed by atoms with E-state index in [2.05, 4.69) is 47.1 Å². The Kier molecular flexibility index (Phi) is 7.97. The van der Waals surface area contributed by atoms with Crippen LogP contribution in [0.4, 0.5) is 0 Å². The number of ether oxygens (including phenoxy) is 1. The minimum absolute atomic E-state index is 0.0179. The quantitative estimate of drug-likeness (QED) is 0.294. The highest BCUT2D eigenvalue weighted by Gasteiger charge is 2.11. The van der Waals surface area contributed by atoms with Crippen LogP contribution in [0.15, 0.2) is 72.8 Å². The van der Waals surface area contributed by atoms with Crippen LogP contribution in [0.1, 0.15) is 47.1 Å². The third-order valence-electron chi connectivity index (χ3n) is 6.11. The summed E-state index contributed by atoms with van der Waals surface area (Å²) in [6.07, 6.45) is 3.57. The lowest BCUT2D eigenvalue weighted by Gasteiger charge is -2.11. The lowest BCUT2D eigenvalue weighted by molar-refractivity contribution is 0.0952. The lowest BCUT2D eigenvalue weighted by Crippen LogP contribution is -2.25. The second kappa shape index (κ2) is 11.5. The van der Waals surface area contributed by atoms with Gasteiger partial charge in [-0.3, -0.25) is 4.79 Å². The average molecular weight is 456 g/mol. The molecule has 0 radical (unpaired) electrons. The Morgan fingerprint density at radius 1 is 0.971 bits per heavy atom. The van der Waals surface area contributed by atoms with Crippen molar-refractivity contribution in [1.29, 1.82) is 0 Å². The zero-order valence-corrected chi connectivity index (χ0v) is 20.1. The first-order valence-electron chi connectivity index (χ1n) is 12.2. The van der Waals surface area contributed by atoms with Crippen LogP contribution in [0.2, 0.25) is 0 Å². The molecule has 0 saturated heterocycles. The second-order valence-corrected chi connectivity index (χ2v) is 8.54. The number of carbonyl (C=O) groups excluding carboxylic acids is 1. The molecule has 0 aliphatic rings. The average Bonchev–Trinajstić information content (AvgIpc) is 3.22. The van der Waals surface area contributed by atoms with Crippen molar-refractivity contribution >= 4 is 16.9 Å². The normalized spacial score (nSPS) is 11.0. The van der Waals surface area contributed by atoms with Gasteiger partial charge in [0.2, 0.25) is 0 Å². The van der Waals surface area contributed by atoms with Gasteiger partial charge in [0.25, 0.3) is 5.91 Å². The second-order valence-electron chi connectivity index (χ2n) is 8.54. The topological polar surface area (TPSA) is 56.1 Å². The van der Waals surface area contributed by atoms with E-state index in [4.69, 9.17) is 9.72 Å². The van der Waals surface area contributed by atoms with Gasteiger partial charge in [-0.15, -0.1) is 0 Å². The Labute approximate surface area is 201 Å². The van der Waals surface area contributed by atoms with Crippen LogP contribution in [0.25, 0.3) is 11.0 Å². The molecule has 0 aliphatic heterocycles. The van der Waals surface area contributed by atoms with Gasteiger partial charge >= 0.3 is 0 Å². The van der Waals surface area contributed by atoms with Gasteiger partial charge in [0.05, 0.1) is 17.6 Å². The van der Waals surface area contributed by atoms with Crippen molar-refractivity contribution in [3.05, 3.63) is 95.3 Å². The Hall–Kier alpha value is -3.60. The maximum absolute atomic E-state index is 12.5. The van der Waals surface area contributed by atoms with Gasteiger partial charge in [0.15, 0.2) is 0 Å². The fourth-order valence-electron chi connectivity index (χ4n) is 4.17. The van der Waals surface area contributed by atoms with E-state index in [9.17, 15) is 4.79 Å². The molecule has 0 fully saturated rings. The van der Waals surface area contributed by atoms with Crippen LogP contribution in [-0.2, 0) is 19.4 Å². The van der Waals surface area contributed by atoms with Crippen LogP contribution < -0.4 is 10.1 Å². The molecule has 5 heteroatoms. The molecule has 0 bridgehead atoms. The molecule has 1 aromatic heterocycles. The van der Waals surface area contributed by atoms with Crippen LogP contribution >= 0.6 is 0 Å². The van der Waals surface area contributed by atoms with E-state index in [1.165, 1.54) is 5.56 Å². The Balaban J connectivity index is 1.32. The van der Waals surface area contributed by atoms with Crippen molar-refractivity contribution in [1.82, 2.24) is 14.9 Å². The predicted molar refractivity (Wildman–Crippen MR) is 137 cm³/mol. The van der Waals surface area contributed by atoms with Gasteiger partial charge in [-0.25, -0.2) is 4.98 Å². The molecule has 1 N–H and O–H groups in total. The first-order chi connectivity index (χ1) is 16.7. The number of para-hydroxylation sites is 2. The number of nitrogens with zero attached hydrogens (tertiary/aromatic N) is 2. The molecular weight excluding hydrogens is 422 g/mol. The summed E-state index contributed by atoms with van der Waals surface area (Å²) >= 11 is 0. The lowest BCUT2D eigenvalue weighted by atomic mass is 10.1. The summed E-state index contributed by atoms with van der Waals surface area (Å²) in [7, 11) is 0. The van der Waals surface area contributed by atoms with E-state index < -0.39 is 0 Å². The van der Waals surface area contributed by atoms with Crippen molar-refractivity contribution < 1.29 is 9.53 Å². The molecule has 1 heterocycles. The number of carbonyl (C=O) groups is 1. The molecule has 0 spiro atoms. The minimum atomic E-state index is -0.0179. The first-order valence-corrected chi connectivity index (χ1v) is 12.2. The van der Waals surface area contributed by atoms with Crippen molar-refractivity contribution in [2.75, 3.05) is 13.2 Å². The van der Waals surface area contributed by atoms with Crippen molar-refractivity contribution in [2.45, 2.75) is 46.1 Å². The van der Waals surface area contributed by atoms with Crippen LogP contribution in [-0.4, -0.2) is 28.6 Å². The summed E-state index contributed by atoms with van der Waals surface area (Å²) in [5.74, 6) is 1.95. The first kappa shape index (κ1) is 23.6. The monoisotopic (exact) mass is 455 g/mol. The standard InChI is InChI=1S/C29H33N3O2/c1-3-23-15-17-24(18-16-23)34-21-9-20-32-27-13-7-6-12-26(27)31-28(32)14-8-19-30-29(33)25-11-5-4-10-22(25)2/h4-7,10-13,15-18H,3,8-9,14,19-21H2,1-2H3,(H,30,33). The Morgan fingerprint density at radius 2 is 1.74 bits per heavy atom. The summed E-state index contributed by atoms with van der Waals surface area (Å²) in [5, 5.41) is 3.05. The molecule has 5 nitrogen and oxygen atoms in total. The van der Waals surface area contributed by atoms with Crippen molar-refractivity contribution in [2.24, 2.45) is 0 Å². The smallest absolute Gasteiger partial charge is 0.251 e. The maximum Gasteiger partial charge on any atom is 0.251 e. The molecule has 3 aromatic carbocycles. The molecule has 0 unspecified atom stereocenters. The number of nitrogens with one attached hydrogen (secondary N) is 1. The van der Waals surface area contributed by atoms with Crippen LogP contribution in [0.3, 0.4) is 0 Å². The summed E-state index contributed by atoms with van der Waals surface area (Å²) in [6, 6.07) is 24.3. The number of rotatable bonds is 11. The van der Waals surface area contributed by atoms with Gasteiger partial charge in [0.1, 0.15) is 11.6 Å². The Morgan fingerprint density at radius 3 is 2.53 bits per heavy atom. The van der Waals surface area contributed by atoms with Gasteiger partial charge < -0.3 is 14.6 Å². The van der Waals surface area contributed by atoms with E-state index in [0.717, 1.165) is 66.0 Å². The third-order valence-corrected chi connectivity index (χ3v) is 6.11. The van der Waals surface area contributed by atoms with Gasteiger partial charge in [0, 0.05) is 25.1 Å². The molecule has 0 aliphatic carbocycles. The number of benzene rings is 3. The number of fused-ring (bicyclic) bond motifs is 1. The molecule has 34 heavy (non-hydrogen) atoms. The molecule has 176 valence electrons. The van der Waals surface area contributed by atoms with E-state index in [-0.39, 0.29) is 5.91 Å². The highest BCUT2D eigenvalue weighted by atomic mass is 16.5. The Bertz CT molecular complexity index is 1230. The summed E-state index contributed by atoms with van der Waals surface area (Å²) in [4.78, 5) is 17.3. The van der Waals surface area contributed by atoms with Gasteiger partial charge in [-0.05, 0) is 67.6 Å². The zero-order valence-electron chi connectivity index (χ0n) is 20.1. The molecular formula is C29H33N3O2. The fourth-order valence-corrected chi connectivity index (χ4v) is 4.17. The van der Waals surface area contributed by atoms with Crippen molar-refractivity contribution in [3.63, 3.8) is 0 Å². The molecule has 1 amide bonds. The zero-order chi connectivity index (χ0) is 23.8.